The Morgan fingerprint density at radius 1 is 0.857 bits per heavy atom. The molecule has 3 aliphatic heterocycles. The molecule has 0 bridgehead atoms. The normalized spacial score (nSPS) is 20.3. The summed E-state index contributed by atoms with van der Waals surface area (Å²) in [6.07, 6.45) is 1.65. The fourth-order valence-corrected chi connectivity index (χ4v) is 6.77. The van der Waals surface area contributed by atoms with Crippen molar-refractivity contribution in [3.8, 4) is 11.5 Å². The highest BCUT2D eigenvalue weighted by molar-refractivity contribution is 6.02. The molecule has 220 valence electrons. The number of nitrogens with zero attached hydrogens (tertiary/aromatic N) is 3. The van der Waals surface area contributed by atoms with Crippen LogP contribution in [0.4, 0.5) is 0 Å². The molecule has 3 aromatic carbocycles. The third-order valence-electron chi connectivity index (χ3n) is 8.98. The predicted molar refractivity (Wildman–Crippen MR) is 162 cm³/mol. The van der Waals surface area contributed by atoms with Gasteiger partial charge in [-0.15, -0.1) is 0 Å². The van der Waals surface area contributed by atoms with Crippen LogP contribution in [0.15, 0.2) is 66.7 Å². The van der Waals surface area contributed by atoms with Gasteiger partial charge in [-0.3, -0.25) is 14.5 Å². The van der Waals surface area contributed by atoms with Crippen LogP contribution in [-0.2, 0) is 17.8 Å². The molecule has 0 aliphatic carbocycles. The molecule has 2 amide bonds. The van der Waals surface area contributed by atoms with Crippen molar-refractivity contribution in [2.75, 3.05) is 60.0 Å². The minimum atomic E-state index is -0.541. The fraction of sp³-hybridized carbons (Fsp3) is 0.412. The van der Waals surface area contributed by atoms with Gasteiger partial charge in [0.2, 0.25) is 5.91 Å². The second-order valence-corrected chi connectivity index (χ2v) is 11.4. The second kappa shape index (κ2) is 12.5. The molecule has 3 heterocycles. The minimum absolute atomic E-state index is 0.0599. The third-order valence-corrected chi connectivity index (χ3v) is 8.98. The quantitative estimate of drug-likeness (QED) is 0.395. The molecule has 0 saturated carbocycles. The maximum atomic E-state index is 14.0. The summed E-state index contributed by atoms with van der Waals surface area (Å²) in [6.45, 7) is 7.28. The minimum Gasteiger partial charge on any atom is -0.493 e. The number of nitrogens with one attached hydrogen (secondary N) is 1. The van der Waals surface area contributed by atoms with Crippen LogP contribution in [0.25, 0.3) is 0 Å². The summed E-state index contributed by atoms with van der Waals surface area (Å²) in [5, 5.41) is 3.23. The van der Waals surface area contributed by atoms with E-state index in [1.54, 1.807) is 20.3 Å². The molecule has 6 rings (SSSR count). The van der Waals surface area contributed by atoms with Gasteiger partial charge in [0.05, 0.1) is 26.2 Å². The monoisotopic (exact) mass is 568 g/mol. The standard InChI is InChI=1S/C34H40N4O4/c1-41-29-21-27-28(22-30(29)42-2)34(40)38-16-13-25-11-6-7-12-26(25)32(38)31(27)33(39)35-14-8-15-36-17-19-37(20-18-36)23-24-9-4-3-5-10-24/h3-7,9-12,21-22,31-32H,8,13-20,23H2,1-2H3,(H,35,39)/t31-,32+/m0/s1. The Morgan fingerprint density at radius 2 is 1.55 bits per heavy atom. The maximum Gasteiger partial charge on any atom is 0.254 e. The number of piperazine rings is 1. The number of hydrogen-bond acceptors (Lipinski definition) is 6. The number of rotatable bonds is 9. The van der Waals surface area contributed by atoms with E-state index in [2.05, 4.69) is 57.6 Å². The molecule has 0 unspecified atom stereocenters. The molecule has 3 aromatic rings. The molecule has 2 atom stereocenters. The van der Waals surface area contributed by atoms with Gasteiger partial charge in [0.1, 0.15) is 0 Å². The number of methoxy groups -OCH3 is 2. The van der Waals surface area contributed by atoms with Crippen LogP contribution in [0.3, 0.4) is 0 Å². The predicted octanol–water partition coefficient (Wildman–Crippen LogP) is 3.86. The first-order valence-corrected chi connectivity index (χ1v) is 15.0. The number of benzene rings is 3. The topological polar surface area (TPSA) is 74.4 Å². The lowest BCUT2D eigenvalue weighted by atomic mass is 9.75. The van der Waals surface area contributed by atoms with E-state index in [1.165, 1.54) is 11.1 Å². The van der Waals surface area contributed by atoms with Crippen LogP contribution >= 0.6 is 0 Å². The van der Waals surface area contributed by atoms with Gasteiger partial charge in [0.25, 0.3) is 5.91 Å². The fourth-order valence-electron chi connectivity index (χ4n) is 6.77. The van der Waals surface area contributed by atoms with Crippen LogP contribution in [0.2, 0.25) is 0 Å². The summed E-state index contributed by atoms with van der Waals surface area (Å²) in [4.78, 5) is 34.6. The Hall–Kier alpha value is -3.88. The van der Waals surface area contributed by atoms with E-state index < -0.39 is 5.92 Å². The molecule has 1 saturated heterocycles. The number of hydrogen-bond donors (Lipinski definition) is 1. The SMILES string of the molecule is COc1cc2c(cc1OC)[C@H](C(=O)NCCCN1CCN(Cc3ccccc3)CC1)[C@H]1c3ccccc3CCN1C2=O. The van der Waals surface area contributed by atoms with E-state index in [4.69, 9.17) is 9.47 Å². The van der Waals surface area contributed by atoms with Gasteiger partial charge in [-0.1, -0.05) is 54.6 Å². The van der Waals surface area contributed by atoms with Crippen molar-refractivity contribution in [3.63, 3.8) is 0 Å². The summed E-state index contributed by atoms with van der Waals surface area (Å²) >= 11 is 0. The summed E-state index contributed by atoms with van der Waals surface area (Å²) in [7, 11) is 3.14. The van der Waals surface area contributed by atoms with Crippen molar-refractivity contribution in [3.05, 3.63) is 94.5 Å². The number of carbonyl (C=O) groups is 2. The first-order valence-electron chi connectivity index (χ1n) is 15.0. The maximum absolute atomic E-state index is 14.0. The van der Waals surface area contributed by atoms with Gasteiger partial charge in [-0.2, -0.15) is 0 Å². The van der Waals surface area contributed by atoms with Gasteiger partial charge in [-0.25, -0.2) is 0 Å². The zero-order valence-corrected chi connectivity index (χ0v) is 24.6. The van der Waals surface area contributed by atoms with Crippen molar-refractivity contribution in [1.29, 1.82) is 0 Å². The average molecular weight is 569 g/mol. The van der Waals surface area contributed by atoms with Gasteiger partial charge < -0.3 is 24.6 Å². The van der Waals surface area contributed by atoms with E-state index in [-0.39, 0.29) is 17.9 Å². The van der Waals surface area contributed by atoms with Crippen molar-refractivity contribution in [1.82, 2.24) is 20.0 Å². The van der Waals surface area contributed by atoms with Gasteiger partial charge >= 0.3 is 0 Å². The molecule has 1 fully saturated rings. The number of amides is 2. The number of carbonyl (C=O) groups excluding carboxylic acids is 2. The highest BCUT2D eigenvalue weighted by Crippen LogP contribution is 2.48. The first-order chi connectivity index (χ1) is 20.6. The molecule has 1 N–H and O–H groups in total. The summed E-state index contributed by atoms with van der Waals surface area (Å²) in [6, 6.07) is 22.0. The Balaban J connectivity index is 1.13. The van der Waals surface area contributed by atoms with Gasteiger partial charge in [0, 0.05) is 51.4 Å². The second-order valence-electron chi connectivity index (χ2n) is 11.4. The highest BCUT2D eigenvalue weighted by atomic mass is 16.5. The van der Waals surface area contributed by atoms with Crippen LogP contribution in [0.5, 0.6) is 11.5 Å². The van der Waals surface area contributed by atoms with Gasteiger partial charge in [-0.05, 0) is 53.8 Å². The Kier molecular flexibility index (Phi) is 8.44. The molecular formula is C34H40N4O4. The van der Waals surface area contributed by atoms with E-state index in [0.29, 0.717) is 35.7 Å². The number of ether oxygens (including phenoxy) is 2. The zero-order valence-electron chi connectivity index (χ0n) is 24.6. The Bertz CT molecular complexity index is 1420. The average Bonchev–Trinajstić information content (AvgIpc) is 3.03. The van der Waals surface area contributed by atoms with Crippen molar-refractivity contribution < 1.29 is 19.1 Å². The molecule has 8 nitrogen and oxygen atoms in total. The third kappa shape index (κ3) is 5.61. The Morgan fingerprint density at radius 3 is 2.31 bits per heavy atom. The van der Waals surface area contributed by atoms with E-state index in [9.17, 15) is 9.59 Å². The van der Waals surface area contributed by atoms with Crippen LogP contribution < -0.4 is 14.8 Å². The molecule has 8 heteroatoms. The lowest BCUT2D eigenvalue weighted by Gasteiger charge is -2.45. The van der Waals surface area contributed by atoms with Crippen molar-refractivity contribution in [2.24, 2.45) is 0 Å². The Labute approximate surface area is 248 Å². The van der Waals surface area contributed by atoms with E-state index >= 15 is 0 Å². The molecular weight excluding hydrogens is 528 g/mol. The molecule has 0 aromatic heterocycles. The van der Waals surface area contributed by atoms with E-state index in [0.717, 1.165) is 57.7 Å². The molecule has 0 spiro atoms. The van der Waals surface area contributed by atoms with Crippen LogP contribution in [0.1, 0.15) is 51.0 Å². The lowest BCUT2D eigenvalue weighted by Crippen LogP contribution is -2.50. The van der Waals surface area contributed by atoms with Gasteiger partial charge in [0.15, 0.2) is 11.5 Å². The highest BCUT2D eigenvalue weighted by Gasteiger charge is 2.46. The molecule has 0 radical (unpaired) electrons. The molecule has 42 heavy (non-hydrogen) atoms. The molecule has 3 aliphatic rings. The summed E-state index contributed by atoms with van der Waals surface area (Å²) in [5.74, 6) is 0.339. The summed E-state index contributed by atoms with van der Waals surface area (Å²) in [5.41, 5.74) is 4.81. The summed E-state index contributed by atoms with van der Waals surface area (Å²) < 4.78 is 11.1. The van der Waals surface area contributed by atoms with Crippen LogP contribution in [-0.4, -0.2) is 86.5 Å². The van der Waals surface area contributed by atoms with E-state index in [1.807, 2.05) is 23.1 Å². The number of fused-ring (bicyclic) bond motifs is 4. The first kappa shape index (κ1) is 28.2. The zero-order chi connectivity index (χ0) is 29.1. The van der Waals surface area contributed by atoms with Crippen molar-refractivity contribution in [2.45, 2.75) is 31.3 Å². The van der Waals surface area contributed by atoms with Crippen LogP contribution in [0, 0.1) is 0 Å². The largest absolute Gasteiger partial charge is 0.493 e. The van der Waals surface area contributed by atoms with Crippen molar-refractivity contribution >= 4 is 11.8 Å². The lowest BCUT2D eigenvalue weighted by molar-refractivity contribution is -0.124. The smallest absolute Gasteiger partial charge is 0.254 e.